The van der Waals surface area contributed by atoms with Gasteiger partial charge in [-0.2, -0.15) is 0 Å². The molecule has 6 heteroatoms. The Hall–Kier alpha value is -2.24. The molecule has 1 heterocycles. The SMILES string of the molecule is C[C@@H](NCC(=O)Nc1ccc2c(c1)OCCO2)c1ccc(Cl)cc1. The van der Waals surface area contributed by atoms with Crippen molar-refractivity contribution in [3.63, 3.8) is 0 Å². The third-order valence-electron chi connectivity index (χ3n) is 3.76. The van der Waals surface area contributed by atoms with Crippen molar-refractivity contribution < 1.29 is 14.3 Å². The van der Waals surface area contributed by atoms with Crippen LogP contribution < -0.4 is 20.1 Å². The molecule has 1 amide bonds. The molecule has 0 saturated carbocycles. The molecule has 0 saturated heterocycles. The van der Waals surface area contributed by atoms with E-state index in [-0.39, 0.29) is 18.5 Å². The van der Waals surface area contributed by atoms with Crippen molar-refractivity contribution in [1.82, 2.24) is 5.32 Å². The molecule has 0 spiro atoms. The molecule has 3 rings (SSSR count). The molecular weight excluding hydrogens is 328 g/mol. The number of benzene rings is 2. The highest BCUT2D eigenvalue weighted by Crippen LogP contribution is 2.32. The molecule has 0 fully saturated rings. The maximum atomic E-state index is 12.1. The number of halogens is 1. The van der Waals surface area contributed by atoms with E-state index in [1.807, 2.05) is 31.2 Å². The van der Waals surface area contributed by atoms with Gasteiger partial charge in [-0.1, -0.05) is 23.7 Å². The van der Waals surface area contributed by atoms with E-state index >= 15 is 0 Å². The van der Waals surface area contributed by atoms with Crippen molar-refractivity contribution >= 4 is 23.2 Å². The third kappa shape index (κ3) is 4.19. The van der Waals surface area contributed by atoms with Crippen LogP contribution in [-0.4, -0.2) is 25.7 Å². The molecule has 0 aromatic heterocycles. The monoisotopic (exact) mass is 346 g/mol. The Bertz CT molecular complexity index is 719. The van der Waals surface area contributed by atoms with E-state index < -0.39 is 0 Å². The van der Waals surface area contributed by atoms with Gasteiger partial charge in [-0.05, 0) is 36.8 Å². The minimum atomic E-state index is -0.118. The van der Waals surface area contributed by atoms with Gasteiger partial charge in [-0.3, -0.25) is 4.79 Å². The molecule has 0 radical (unpaired) electrons. The summed E-state index contributed by atoms with van der Waals surface area (Å²) < 4.78 is 11.0. The highest BCUT2D eigenvalue weighted by molar-refractivity contribution is 6.30. The number of anilines is 1. The highest BCUT2D eigenvalue weighted by atomic mass is 35.5. The number of carbonyl (C=O) groups is 1. The van der Waals surface area contributed by atoms with Crippen molar-refractivity contribution in [3.05, 3.63) is 53.1 Å². The Morgan fingerprint density at radius 1 is 1.12 bits per heavy atom. The predicted octanol–water partition coefficient (Wildman–Crippen LogP) is 3.40. The van der Waals surface area contributed by atoms with Gasteiger partial charge in [0.1, 0.15) is 13.2 Å². The zero-order valence-corrected chi connectivity index (χ0v) is 14.1. The van der Waals surface area contributed by atoms with E-state index in [0.717, 1.165) is 5.56 Å². The normalized spacial score (nSPS) is 14.1. The lowest BCUT2D eigenvalue weighted by molar-refractivity contribution is -0.115. The maximum Gasteiger partial charge on any atom is 0.238 e. The van der Waals surface area contributed by atoms with Crippen LogP contribution in [0.4, 0.5) is 5.69 Å². The first-order valence-corrected chi connectivity index (χ1v) is 8.18. The minimum absolute atomic E-state index is 0.0493. The number of ether oxygens (including phenoxy) is 2. The van der Waals surface area contributed by atoms with Crippen molar-refractivity contribution in [2.45, 2.75) is 13.0 Å². The van der Waals surface area contributed by atoms with Crippen molar-refractivity contribution in [3.8, 4) is 11.5 Å². The summed E-state index contributed by atoms with van der Waals surface area (Å²) >= 11 is 5.88. The number of amides is 1. The molecule has 0 aliphatic carbocycles. The molecule has 24 heavy (non-hydrogen) atoms. The molecule has 2 aromatic carbocycles. The zero-order valence-electron chi connectivity index (χ0n) is 13.3. The lowest BCUT2D eigenvalue weighted by atomic mass is 10.1. The third-order valence-corrected chi connectivity index (χ3v) is 4.02. The van der Waals surface area contributed by atoms with Crippen LogP contribution in [-0.2, 0) is 4.79 Å². The minimum Gasteiger partial charge on any atom is -0.486 e. The molecule has 0 bridgehead atoms. The zero-order chi connectivity index (χ0) is 16.9. The van der Waals surface area contributed by atoms with Crippen LogP contribution in [0.15, 0.2) is 42.5 Å². The van der Waals surface area contributed by atoms with Crippen molar-refractivity contribution in [2.24, 2.45) is 0 Å². The predicted molar refractivity (Wildman–Crippen MR) is 93.9 cm³/mol. The molecule has 126 valence electrons. The largest absolute Gasteiger partial charge is 0.486 e. The fraction of sp³-hybridized carbons (Fsp3) is 0.278. The van der Waals surface area contributed by atoms with Gasteiger partial charge in [0.25, 0.3) is 0 Å². The fourth-order valence-electron chi connectivity index (χ4n) is 2.44. The summed E-state index contributed by atoms with van der Waals surface area (Å²) in [5.41, 5.74) is 1.76. The summed E-state index contributed by atoms with van der Waals surface area (Å²) in [7, 11) is 0. The van der Waals surface area contributed by atoms with Crippen LogP contribution in [0.5, 0.6) is 11.5 Å². The standard InChI is InChI=1S/C18H19ClN2O3/c1-12(13-2-4-14(19)5-3-13)20-11-18(22)21-15-6-7-16-17(10-15)24-9-8-23-16/h2-7,10,12,20H,8-9,11H2,1H3,(H,21,22)/t12-/m1/s1. The number of hydrogen-bond acceptors (Lipinski definition) is 4. The van der Waals surface area contributed by atoms with Crippen molar-refractivity contribution in [2.75, 3.05) is 25.1 Å². The van der Waals surface area contributed by atoms with E-state index in [9.17, 15) is 4.79 Å². The number of fused-ring (bicyclic) bond motifs is 1. The Labute approximate surface area is 145 Å². The molecule has 1 aliphatic heterocycles. The molecule has 1 aliphatic rings. The number of hydrogen-bond donors (Lipinski definition) is 2. The van der Waals surface area contributed by atoms with E-state index in [0.29, 0.717) is 35.4 Å². The van der Waals surface area contributed by atoms with Gasteiger partial charge in [0.05, 0.1) is 6.54 Å². The van der Waals surface area contributed by atoms with Gasteiger partial charge in [0, 0.05) is 22.8 Å². The summed E-state index contributed by atoms with van der Waals surface area (Å²) in [6, 6.07) is 13.0. The second kappa shape index (κ2) is 7.55. The van der Waals surface area contributed by atoms with E-state index in [1.165, 1.54) is 0 Å². The summed E-state index contributed by atoms with van der Waals surface area (Å²) in [5.74, 6) is 1.24. The Kier molecular flexibility index (Phi) is 5.23. The van der Waals surface area contributed by atoms with Crippen molar-refractivity contribution in [1.29, 1.82) is 0 Å². The highest BCUT2D eigenvalue weighted by Gasteiger charge is 2.13. The first-order chi connectivity index (χ1) is 11.6. The smallest absolute Gasteiger partial charge is 0.238 e. The molecule has 2 N–H and O–H groups in total. The average Bonchev–Trinajstić information content (AvgIpc) is 2.60. The second-order valence-corrected chi connectivity index (χ2v) is 6.00. The van der Waals surface area contributed by atoms with Crippen LogP contribution in [0.3, 0.4) is 0 Å². The van der Waals surface area contributed by atoms with E-state index in [2.05, 4.69) is 10.6 Å². The number of rotatable bonds is 5. The number of nitrogens with one attached hydrogen (secondary N) is 2. The van der Waals surface area contributed by atoms with Crippen LogP contribution >= 0.6 is 11.6 Å². The van der Waals surface area contributed by atoms with E-state index in [4.69, 9.17) is 21.1 Å². The van der Waals surface area contributed by atoms with Gasteiger partial charge >= 0.3 is 0 Å². The quantitative estimate of drug-likeness (QED) is 0.871. The topological polar surface area (TPSA) is 59.6 Å². The first-order valence-electron chi connectivity index (χ1n) is 7.80. The van der Waals surface area contributed by atoms with Crippen LogP contribution in [0.25, 0.3) is 0 Å². The summed E-state index contributed by atoms with van der Waals surface area (Å²) in [4.78, 5) is 12.1. The van der Waals surface area contributed by atoms with Gasteiger partial charge in [-0.25, -0.2) is 0 Å². The average molecular weight is 347 g/mol. The Morgan fingerprint density at radius 2 is 1.83 bits per heavy atom. The Morgan fingerprint density at radius 3 is 2.58 bits per heavy atom. The van der Waals surface area contributed by atoms with E-state index in [1.54, 1.807) is 18.2 Å². The number of carbonyl (C=O) groups excluding carboxylic acids is 1. The lowest BCUT2D eigenvalue weighted by Crippen LogP contribution is -2.30. The van der Waals surface area contributed by atoms with Crippen LogP contribution in [0.2, 0.25) is 5.02 Å². The molecule has 2 aromatic rings. The fourth-order valence-corrected chi connectivity index (χ4v) is 2.57. The van der Waals surface area contributed by atoms with Crippen LogP contribution in [0.1, 0.15) is 18.5 Å². The Balaban J connectivity index is 1.53. The first kappa shape index (κ1) is 16.6. The summed E-state index contributed by atoms with van der Waals surface area (Å²) in [5, 5.41) is 6.74. The second-order valence-electron chi connectivity index (χ2n) is 5.56. The maximum absolute atomic E-state index is 12.1. The molecule has 0 unspecified atom stereocenters. The lowest BCUT2D eigenvalue weighted by Gasteiger charge is -2.19. The van der Waals surface area contributed by atoms with Crippen LogP contribution in [0, 0.1) is 0 Å². The molecular formula is C18H19ClN2O3. The summed E-state index contributed by atoms with van der Waals surface area (Å²) in [6.07, 6.45) is 0. The van der Waals surface area contributed by atoms with Gasteiger partial charge in [0.2, 0.25) is 5.91 Å². The molecule has 5 nitrogen and oxygen atoms in total. The van der Waals surface area contributed by atoms with Gasteiger partial charge in [-0.15, -0.1) is 0 Å². The molecule has 1 atom stereocenters. The summed E-state index contributed by atoms with van der Waals surface area (Å²) in [6.45, 7) is 3.27. The van der Waals surface area contributed by atoms with Gasteiger partial charge in [0.15, 0.2) is 11.5 Å². The van der Waals surface area contributed by atoms with Gasteiger partial charge < -0.3 is 20.1 Å².